The van der Waals surface area contributed by atoms with Crippen molar-refractivity contribution in [3.05, 3.63) is 58.8 Å². The van der Waals surface area contributed by atoms with Gasteiger partial charge in [0.25, 0.3) is 0 Å². The first-order chi connectivity index (χ1) is 9.17. The lowest BCUT2D eigenvalue weighted by atomic mass is 10.1. The van der Waals surface area contributed by atoms with E-state index in [1.807, 2.05) is 18.2 Å². The van der Waals surface area contributed by atoms with E-state index < -0.39 is 0 Å². The summed E-state index contributed by atoms with van der Waals surface area (Å²) in [6.07, 6.45) is 0.945. The summed E-state index contributed by atoms with van der Waals surface area (Å²) < 4.78 is 0. The maximum atomic E-state index is 8.79. The minimum absolute atomic E-state index is 0.441. The number of nitrogens with zero attached hydrogens (tertiary/aromatic N) is 2. The van der Waals surface area contributed by atoms with Crippen LogP contribution in [-0.2, 0) is 6.42 Å². The summed E-state index contributed by atoms with van der Waals surface area (Å²) in [5.41, 5.74) is 4.34. The highest BCUT2D eigenvalue weighted by Gasteiger charge is 1.98. The van der Waals surface area contributed by atoms with Gasteiger partial charge in [-0.05, 0) is 38.0 Å². The van der Waals surface area contributed by atoms with E-state index in [9.17, 15) is 0 Å². The summed E-state index contributed by atoms with van der Waals surface area (Å²) in [4.78, 5) is 4.19. The molecule has 0 amide bonds. The summed E-state index contributed by atoms with van der Waals surface area (Å²) in [5, 5.41) is 12.0. The maximum absolute atomic E-state index is 8.79. The van der Waals surface area contributed by atoms with Crippen molar-refractivity contribution in [2.45, 2.75) is 20.3 Å². The Bertz CT molecular complexity index is 591. The highest BCUT2D eigenvalue weighted by Crippen LogP contribution is 2.10. The Kier molecular flexibility index (Phi) is 4.15. The smallest absolute Gasteiger partial charge is 0.142 e. The van der Waals surface area contributed by atoms with Crippen molar-refractivity contribution in [1.82, 2.24) is 4.98 Å². The lowest BCUT2D eigenvalue weighted by Crippen LogP contribution is -2.07. The largest absolute Gasteiger partial charge is 0.370 e. The predicted molar refractivity (Wildman–Crippen MR) is 77.1 cm³/mol. The van der Waals surface area contributed by atoms with Crippen molar-refractivity contribution >= 4 is 5.82 Å². The van der Waals surface area contributed by atoms with Crippen LogP contribution in [0.5, 0.6) is 0 Å². The quantitative estimate of drug-likeness (QED) is 0.907. The number of hydrogen-bond donors (Lipinski definition) is 1. The fraction of sp³-hybridized carbons (Fsp3) is 0.250. The van der Waals surface area contributed by atoms with Crippen LogP contribution in [0.2, 0.25) is 0 Å². The minimum Gasteiger partial charge on any atom is -0.370 e. The number of benzene rings is 1. The van der Waals surface area contributed by atoms with Crippen LogP contribution < -0.4 is 5.32 Å². The average molecular weight is 251 g/mol. The molecule has 0 atom stereocenters. The molecule has 0 radical (unpaired) electrons. The fourth-order valence-electron chi connectivity index (χ4n) is 2.14. The summed E-state index contributed by atoms with van der Waals surface area (Å²) in [6.45, 7) is 5.04. The SMILES string of the molecule is Cc1cc(C)cc(CCNc2cccc(C#N)n2)c1. The molecule has 2 rings (SSSR count). The predicted octanol–water partition coefficient (Wildman–Crippen LogP) is 3.22. The third kappa shape index (κ3) is 3.82. The third-order valence-electron chi connectivity index (χ3n) is 2.86. The second-order valence-electron chi connectivity index (χ2n) is 4.69. The molecule has 0 aliphatic heterocycles. The van der Waals surface area contributed by atoms with Crippen molar-refractivity contribution < 1.29 is 0 Å². The van der Waals surface area contributed by atoms with Crippen LogP contribution in [0.15, 0.2) is 36.4 Å². The van der Waals surface area contributed by atoms with E-state index in [1.165, 1.54) is 16.7 Å². The van der Waals surface area contributed by atoms with Crippen molar-refractivity contribution in [2.24, 2.45) is 0 Å². The molecule has 0 aliphatic rings. The number of rotatable bonds is 4. The molecule has 2 aromatic rings. The Morgan fingerprint density at radius 1 is 1.16 bits per heavy atom. The van der Waals surface area contributed by atoms with Crippen molar-refractivity contribution in [2.75, 3.05) is 11.9 Å². The van der Waals surface area contributed by atoms with Gasteiger partial charge < -0.3 is 5.32 Å². The molecular formula is C16H17N3. The Morgan fingerprint density at radius 2 is 1.89 bits per heavy atom. The highest BCUT2D eigenvalue weighted by molar-refractivity contribution is 5.38. The van der Waals surface area contributed by atoms with Crippen molar-refractivity contribution in [3.8, 4) is 6.07 Å². The van der Waals surface area contributed by atoms with Crippen LogP contribution in [0.3, 0.4) is 0 Å². The molecule has 96 valence electrons. The summed E-state index contributed by atoms with van der Waals surface area (Å²) in [7, 11) is 0. The monoisotopic (exact) mass is 251 g/mol. The van der Waals surface area contributed by atoms with E-state index in [0.29, 0.717) is 5.69 Å². The van der Waals surface area contributed by atoms with Crippen LogP contribution in [-0.4, -0.2) is 11.5 Å². The summed E-state index contributed by atoms with van der Waals surface area (Å²) in [6, 6.07) is 14.0. The Labute approximate surface area is 113 Å². The molecule has 19 heavy (non-hydrogen) atoms. The van der Waals surface area contributed by atoms with E-state index >= 15 is 0 Å². The first-order valence-electron chi connectivity index (χ1n) is 6.35. The first kappa shape index (κ1) is 13.1. The topological polar surface area (TPSA) is 48.7 Å². The molecule has 1 aromatic carbocycles. The molecule has 0 spiro atoms. The summed E-state index contributed by atoms with van der Waals surface area (Å²) in [5.74, 6) is 0.753. The van der Waals surface area contributed by atoms with E-state index in [-0.39, 0.29) is 0 Å². The van der Waals surface area contributed by atoms with Crippen LogP contribution in [0, 0.1) is 25.2 Å². The molecule has 0 bridgehead atoms. The molecular weight excluding hydrogens is 234 g/mol. The van der Waals surface area contributed by atoms with Gasteiger partial charge in [-0.1, -0.05) is 35.4 Å². The van der Waals surface area contributed by atoms with Crippen LogP contribution >= 0.6 is 0 Å². The summed E-state index contributed by atoms with van der Waals surface area (Å²) >= 11 is 0. The zero-order chi connectivity index (χ0) is 13.7. The zero-order valence-electron chi connectivity index (χ0n) is 11.3. The average Bonchev–Trinajstić information content (AvgIpc) is 2.38. The molecule has 0 unspecified atom stereocenters. The van der Waals surface area contributed by atoms with Gasteiger partial charge in [0.1, 0.15) is 17.6 Å². The number of aryl methyl sites for hydroxylation is 2. The van der Waals surface area contributed by atoms with Gasteiger partial charge in [0.15, 0.2) is 0 Å². The molecule has 1 heterocycles. The number of anilines is 1. The molecule has 3 nitrogen and oxygen atoms in total. The molecule has 1 N–H and O–H groups in total. The van der Waals surface area contributed by atoms with Crippen LogP contribution in [0.4, 0.5) is 5.82 Å². The standard InChI is InChI=1S/C16H17N3/c1-12-8-13(2)10-14(9-12)6-7-18-16-5-3-4-15(11-17)19-16/h3-5,8-10H,6-7H2,1-2H3,(H,18,19). The van der Waals surface area contributed by atoms with Gasteiger partial charge >= 0.3 is 0 Å². The highest BCUT2D eigenvalue weighted by atomic mass is 15.0. The molecule has 0 saturated carbocycles. The lowest BCUT2D eigenvalue weighted by molar-refractivity contribution is 0.999. The molecule has 1 aromatic heterocycles. The Hall–Kier alpha value is -2.34. The van der Waals surface area contributed by atoms with Gasteiger partial charge in [-0.25, -0.2) is 4.98 Å². The lowest BCUT2D eigenvalue weighted by Gasteiger charge is -2.07. The van der Waals surface area contributed by atoms with E-state index in [4.69, 9.17) is 5.26 Å². The first-order valence-corrected chi connectivity index (χ1v) is 6.35. The van der Waals surface area contributed by atoms with Gasteiger partial charge in [-0.2, -0.15) is 5.26 Å². The van der Waals surface area contributed by atoms with Crippen molar-refractivity contribution in [1.29, 1.82) is 5.26 Å². The third-order valence-corrected chi connectivity index (χ3v) is 2.86. The number of nitrogens with one attached hydrogen (secondary N) is 1. The second kappa shape index (κ2) is 6.01. The second-order valence-corrected chi connectivity index (χ2v) is 4.69. The van der Waals surface area contributed by atoms with Crippen molar-refractivity contribution in [3.63, 3.8) is 0 Å². The van der Waals surface area contributed by atoms with Crippen LogP contribution in [0.1, 0.15) is 22.4 Å². The molecule has 0 saturated heterocycles. The number of nitriles is 1. The van der Waals surface area contributed by atoms with Gasteiger partial charge in [0, 0.05) is 6.54 Å². The normalized spacial score (nSPS) is 9.95. The van der Waals surface area contributed by atoms with Gasteiger partial charge in [0.05, 0.1) is 0 Å². The minimum atomic E-state index is 0.441. The fourth-order valence-corrected chi connectivity index (χ4v) is 2.14. The molecule has 3 heteroatoms. The van der Waals surface area contributed by atoms with Gasteiger partial charge in [0.2, 0.25) is 0 Å². The molecule has 0 fully saturated rings. The Morgan fingerprint density at radius 3 is 2.58 bits per heavy atom. The zero-order valence-corrected chi connectivity index (χ0v) is 11.3. The van der Waals surface area contributed by atoms with Gasteiger partial charge in [-0.3, -0.25) is 0 Å². The number of hydrogen-bond acceptors (Lipinski definition) is 3. The maximum Gasteiger partial charge on any atom is 0.142 e. The van der Waals surface area contributed by atoms with E-state index in [0.717, 1.165) is 18.8 Å². The number of aromatic nitrogens is 1. The number of pyridine rings is 1. The van der Waals surface area contributed by atoms with Gasteiger partial charge in [-0.15, -0.1) is 0 Å². The Balaban J connectivity index is 1.94. The van der Waals surface area contributed by atoms with E-state index in [1.54, 1.807) is 6.07 Å². The van der Waals surface area contributed by atoms with E-state index in [2.05, 4.69) is 42.3 Å². The molecule has 0 aliphatic carbocycles. The van der Waals surface area contributed by atoms with Crippen LogP contribution in [0.25, 0.3) is 0 Å².